The Morgan fingerprint density at radius 2 is 1.81 bits per heavy atom. The number of hydrogen-bond acceptors (Lipinski definition) is 6. The van der Waals surface area contributed by atoms with Gasteiger partial charge in [-0.3, -0.25) is 0 Å². The van der Waals surface area contributed by atoms with Crippen molar-refractivity contribution < 1.29 is 19.5 Å². The van der Waals surface area contributed by atoms with E-state index in [1.54, 1.807) is 48.6 Å². The molecule has 2 heterocycles. The van der Waals surface area contributed by atoms with Crippen molar-refractivity contribution in [2.75, 3.05) is 0 Å². The second-order valence-electron chi connectivity index (χ2n) is 9.41. The molecule has 2 fully saturated rings. The van der Waals surface area contributed by atoms with Crippen molar-refractivity contribution in [3.8, 4) is 11.3 Å². The minimum Gasteiger partial charge on any atom is -0.478 e. The van der Waals surface area contributed by atoms with Crippen LogP contribution in [0.15, 0.2) is 40.9 Å². The number of carboxylic acid groups (broad SMARTS) is 1. The fourth-order valence-corrected chi connectivity index (χ4v) is 7.45. The molecule has 2 unspecified atom stereocenters. The Kier molecular flexibility index (Phi) is 7.35. The minimum absolute atomic E-state index is 0.160. The highest BCUT2D eigenvalue weighted by Crippen LogP contribution is 2.53. The fourth-order valence-electron chi connectivity index (χ4n) is 5.58. The third kappa shape index (κ3) is 4.77. The SMILES string of the molecule is Cc1onc(-c2c(Cl)cccc2Cl)c1CO.O=C(O)c1ccc2nc(C3C4CCCC3CC4)sc2c1. The van der Waals surface area contributed by atoms with Gasteiger partial charge in [-0.15, -0.1) is 11.3 Å². The van der Waals surface area contributed by atoms with E-state index in [2.05, 4.69) is 5.16 Å². The van der Waals surface area contributed by atoms with Crippen molar-refractivity contribution in [1.29, 1.82) is 0 Å². The summed E-state index contributed by atoms with van der Waals surface area (Å²) < 4.78 is 6.04. The lowest BCUT2D eigenvalue weighted by Gasteiger charge is -2.28. The van der Waals surface area contributed by atoms with Crippen molar-refractivity contribution >= 4 is 50.7 Å². The Morgan fingerprint density at radius 1 is 1.11 bits per heavy atom. The summed E-state index contributed by atoms with van der Waals surface area (Å²) in [6, 6.07) is 10.5. The van der Waals surface area contributed by atoms with Gasteiger partial charge in [0.05, 0.1) is 37.4 Å². The number of benzene rings is 2. The number of aryl methyl sites for hydroxylation is 1. The van der Waals surface area contributed by atoms with E-state index in [1.807, 2.05) is 6.07 Å². The smallest absolute Gasteiger partial charge is 0.335 e. The molecule has 2 aromatic carbocycles. The number of aliphatic hydroxyl groups excluding tert-OH is 1. The molecule has 2 N–H and O–H groups in total. The molecular weight excluding hydrogens is 519 g/mol. The minimum atomic E-state index is -0.861. The van der Waals surface area contributed by atoms with Gasteiger partial charge in [0.2, 0.25) is 0 Å². The number of hydrogen-bond donors (Lipinski definition) is 2. The van der Waals surface area contributed by atoms with Crippen molar-refractivity contribution in [3.05, 3.63) is 68.3 Å². The molecule has 0 amide bonds. The lowest BCUT2D eigenvalue weighted by Crippen LogP contribution is -2.17. The fraction of sp³-hybridized carbons (Fsp3) is 0.370. The van der Waals surface area contributed by atoms with Crippen LogP contribution in [0, 0.1) is 18.8 Å². The third-order valence-electron chi connectivity index (χ3n) is 7.35. The van der Waals surface area contributed by atoms with E-state index >= 15 is 0 Å². The number of nitrogens with zero attached hydrogens (tertiary/aromatic N) is 2. The standard InChI is InChI=1S/C16H17NO2S.C11H9Cl2NO2/c18-16(19)11-6-7-12-13(8-11)20-15(17-12)14-9-2-1-3-10(14)5-4-9;1-6-7(5-15)11(14-16-6)10-8(12)3-2-4-9(10)13/h6-10,14H,1-5H2,(H,18,19);2-4,15H,5H2,1H3. The normalized spacial score (nSPS) is 20.8. The molecule has 2 aliphatic carbocycles. The first kappa shape index (κ1) is 25.2. The number of fused-ring (bicyclic) bond motifs is 3. The zero-order valence-corrected chi connectivity index (χ0v) is 22.0. The van der Waals surface area contributed by atoms with Gasteiger partial charge >= 0.3 is 5.97 Å². The van der Waals surface area contributed by atoms with Crippen LogP contribution in [-0.4, -0.2) is 26.3 Å². The second kappa shape index (κ2) is 10.5. The molecule has 0 aliphatic heterocycles. The summed E-state index contributed by atoms with van der Waals surface area (Å²) in [7, 11) is 0. The van der Waals surface area contributed by atoms with Gasteiger partial charge < -0.3 is 14.7 Å². The van der Waals surface area contributed by atoms with Crippen LogP contribution in [0.25, 0.3) is 21.5 Å². The zero-order valence-electron chi connectivity index (χ0n) is 19.7. The maximum Gasteiger partial charge on any atom is 0.335 e. The molecule has 4 aromatic rings. The maximum absolute atomic E-state index is 11.1. The van der Waals surface area contributed by atoms with Crippen molar-refractivity contribution in [2.45, 2.75) is 51.6 Å². The molecule has 0 saturated heterocycles. The number of halogens is 2. The lowest BCUT2D eigenvalue weighted by atomic mass is 9.79. The first-order valence-electron chi connectivity index (χ1n) is 12.0. The zero-order chi connectivity index (χ0) is 25.4. The number of carbonyl (C=O) groups is 1. The first-order chi connectivity index (χ1) is 17.4. The van der Waals surface area contributed by atoms with Crippen LogP contribution in [0.3, 0.4) is 0 Å². The van der Waals surface area contributed by atoms with Gasteiger partial charge in [0.1, 0.15) is 11.5 Å². The van der Waals surface area contributed by atoms with Gasteiger partial charge in [0.15, 0.2) is 0 Å². The van der Waals surface area contributed by atoms with Gasteiger partial charge in [-0.25, -0.2) is 9.78 Å². The molecule has 2 bridgehead atoms. The van der Waals surface area contributed by atoms with E-state index in [0.29, 0.717) is 44.1 Å². The van der Waals surface area contributed by atoms with Gasteiger partial charge in [-0.2, -0.15) is 0 Å². The second-order valence-corrected chi connectivity index (χ2v) is 11.3. The van der Waals surface area contributed by atoms with Crippen LogP contribution in [0.2, 0.25) is 10.0 Å². The number of aromatic carboxylic acids is 1. The predicted octanol–water partition coefficient (Wildman–Crippen LogP) is 7.74. The van der Waals surface area contributed by atoms with Crippen LogP contribution >= 0.6 is 34.5 Å². The Hall–Kier alpha value is -2.45. The number of rotatable bonds is 4. The molecule has 2 saturated carbocycles. The number of aromatic nitrogens is 2. The topological polar surface area (TPSA) is 96.5 Å². The molecule has 0 spiro atoms. The molecule has 9 heteroatoms. The van der Waals surface area contributed by atoms with Crippen molar-refractivity contribution in [3.63, 3.8) is 0 Å². The van der Waals surface area contributed by atoms with E-state index in [1.165, 1.54) is 37.1 Å². The Morgan fingerprint density at radius 3 is 2.44 bits per heavy atom. The molecule has 6 nitrogen and oxygen atoms in total. The maximum atomic E-state index is 11.1. The summed E-state index contributed by atoms with van der Waals surface area (Å²) in [6.45, 7) is 1.57. The highest BCUT2D eigenvalue weighted by Gasteiger charge is 2.41. The third-order valence-corrected chi connectivity index (χ3v) is 9.10. The largest absolute Gasteiger partial charge is 0.478 e. The van der Waals surface area contributed by atoms with E-state index in [9.17, 15) is 9.90 Å². The van der Waals surface area contributed by atoms with Crippen LogP contribution in [0.1, 0.15) is 64.7 Å². The molecular formula is C27H26Cl2N2O4S. The highest BCUT2D eigenvalue weighted by molar-refractivity contribution is 7.18. The molecule has 0 radical (unpaired) electrons. The van der Waals surface area contributed by atoms with E-state index in [0.717, 1.165) is 22.1 Å². The Labute approximate surface area is 222 Å². The summed E-state index contributed by atoms with van der Waals surface area (Å²) in [4.78, 5) is 15.9. The summed E-state index contributed by atoms with van der Waals surface area (Å²) in [5.41, 5.74) is 3.01. The van der Waals surface area contributed by atoms with Gasteiger partial charge in [0.25, 0.3) is 0 Å². The van der Waals surface area contributed by atoms with Crippen LogP contribution in [0.5, 0.6) is 0 Å². The van der Waals surface area contributed by atoms with Gasteiger partial charge in [0, 0.05) is 17.0 Å². The van der Waals surface area contributed by atoms with Crippen molar-refractivity contribution in [1.82, 2.24) is 10.1 Å². The Bertz CT molecular complexity index is 1380. The predicted molar refractivity (Wildman–Crippen MR) is 142 cm³/mol. The molecule has 36 heavy (non-hydrogen) atoms. The van der Waals surface area contributed by atoms with Gasteiger partial charge in [-0.1, -0.05) is 40.8 Å². The highest BCUT2D eigenvalue weighted by atomic mass is 35.5. The quantitative estimate of drug-likeness (QED) is 0.272. The first-order valence-corrected chi connectivity index (χ1v) is 13.6. The van der Waals surface area contributed by atoms with Crippen LogP contribution < -0.4 is 0 Å². The van der Waals surface area contributed by atoms with E-state index < -0.39 is 5.97 Å². The lowest BCUT2D eigenvalue weighted by molar-refractivity contribution is 0.0697. The molecule has 188 valence electrons. The molecule has 2 atom stereocenters. The molecule has 2 aliphatic rings. The van der Waals surface area contributed by atoms with E-state index in [4.69, 9.17) is 37.8 Å². The van der Waals surface area contributed by atoms with Crippen LogP contribution in [-0.2, 0) is 6.61 Å². The summed E-state index contributed by atoms with van der Waals surface area (Å²) >= 11 is 13.8. The molecule has 6 rings (SSSR count). The molecule has 2 aromatic heterocycles. The number of thiazole rings is 1. The summed E-state index contributed by atoms with van der Waals surface area (Å²) in [6.07, 6.45) is 6.77. The number of carboxylic acids is 1. The van der Waals surface area contributed by atoms with Crippen LogP contribution in [0.4, 0.5) is 0 Å². The average molecular weight is 545 g/mol. The van der Waals surface area contributed by atoms with E-state index in [-0.39, 0.29) is 6.61 Å². The van der Waals surface area contributed by atoms with Crippen molar-refractivity contribution in [2.24, 2.45) is 11.8 Å². The Balaban J connectivity index is 0.000000152. The number of aliphatic hydroxyl groups is 1. The summed E-state index contributed by atoms with van der Waals surface area (Å²) in [5.74, 6) is 1.96. The van der Waals surface area contributed by atoms with Gasteiger partial charge in [-0.05, 0) is 74.8 Å². The monoisotopic (exact) mass is 544 g/mol. The summed E-state index contributed by atoms with van der Waals surface area (Å²) in [5, 5.41) is 24.4. The average Bonchev–Trinajstić information content (AvgIpc) is 3.51.